The highest BCUT2D eigenvalue weighted by Gasteiger charge is 2.48. The quantitative estimate of drug-likeness (QED) is 0.191. The van der Waals surface area contributed by atoms with Gasteiger partial charge in [-0.15, -0.1) is 0 Å². The Kier molecular flexibility index (Phi) is 12.2. The van der Waals surface area contributed by atoms with Crippen LogP contribution in [-0.2, 0) is 46.8 Å². The van der Waals surface area contributed by atoms with Crippen LogP contribution in [0.3, 0.4) is 0 Å². The number of methoxy groups -OCH3 is 2. The summed E-state index contributed by atoms with van der Waals surface area (Å²) in [5, 5.41) is 0. The van der Waals surface area contributed by atoms with Gasteiger partial charge in [-0.05, 0) is 56.2 Å². The summed E-state index contributed by atoms with van der Waals surface area (Å²) < 4.78 is 75.9. The van der Waals surface area contributed by atoms with Gasteiger partial charge in [0.1, 0.15) is 11.4 Å². The second kappa shape index (κ2) is 14.9. The Hall–Kier alpha value is -4.01. The lowest BCUT2D eigenvalue weighted by molar-refractivity contribution is -0.140. The van der Waals surface area contributed by atoms with Gasteiger partial charge in [0.2, 0.25) is 0 Å². The Labute approximate surface area is 248 Å². The molecule has 0 bridgehead atoms. The van der Waals surface area contributed by atoms with Crippen LogP contribution >= 0.6 is 0 Å². The molecule has 1 saturated heterocycles. The first-order valence-electron chi connectivity index (χ1n) is 13.0. The monoisotopic (exact) mass is 632 g/mol. The van der Waals surface area contributed by atoms with Crippen LogP contribution in [0, 0.1) is 0 Å². The molecular formula is C28H35F3N2O9S. The normalized spacial score (nSPS) is 13.8. The maximum Gasteiger partial charge on any atom is 0.534 e. The number of hydrogen-bond acceptors (Lipinski definition) is 10. The van der Waals surface area contributed by atoms with Crippen molar-refractivity contribution in [2.45, 2.75) is 44.7 Å². The molecule has 238 valence electrons. The number of carbonyl (C=O) groups excluding carboxylic acids is 3. The van der Waals surface area contributed by atoms with Gasteiger partial charge < -0.3 is 28.2 Å². The molecule has 0 N–H and O–H groups in total. The van der Waals surface area contributed by atoms with Crippen LogP contribution in [0.1, 0.15) is 31.9 Å². The third-order valence-electron chi connectivity index (χ3n) is 5.80. The summed E-state index contributed by atoms with van der Waals surface area (Å²) in [7, 11) is -3.10. The third-order valence-corrected chi connectivity index (χ3v) is 6.78. The van der Waals surface area contributed by atoms with E-state index in [2.05, 4.69) is 18.6 Å². The van der Waals surface area contributed by atoms with Crippen molar-refractivity contribution in [2.75, 3.05) is 45.3 Å². The van der Waals surface area contributed by atoms with Crippen molar-refractivity contribution in [1.82, 2.24) is 4.90 Å². The van der Waals surface area contributed by atoms with E-state index in [0.29, 0.717) is 18.7 Å². The number of ether oxygens (including phenoxy) is 3. The van der Waals surface area contributed by atoms with E-state index in [1.165, 1.54) is 26.4 Å². The molecule has 2 aromatic carbocycles. The number of rotatable bonds is 7. The maximum atomic E-state index is 12.1. The molecular weight excluding hydrogens is 597 g/mol. The predicted molar refractivity (Wildman–Crippen MR) is 150 cm³/mol. The summed E-state index contributed by atoms with van der Waals surface area (Å²) in [6.45, 7) is 8.41. The molecule has 0 unspecified atom stereocenters. The van der Waals surface area contributed by atoms with Crippen LogP contribution < -0.4 is 9.08 Å². The molecule has 0 aromatic heterocycles. The number of benzene rings is 2. The van der Waals surface area contributed by atoms with Crippen molar-refractivity contribution in [2.24, 2.45) is 0 Å². The van der Waals surface area contributed by atoms with Gasteiger partial charge in [0, 0.05) is 31.9 Å². The zero-order chi connectivity index (χ0) is 32.4. The molecule has 11 nitrogen and oxygen atoms in total. The zero-order valence-electron chi connectivity index (χ0n) is 24.5. The number of halogens is 3. The van der Waals surface area contributed by atoms with Crippen LogP contribution in [0.4, 0.5) is 23.7 Å². The highest BCUT2D eigenvalue weighted by atomic mass is 32.2. The fourth-order valence-corrected chi connectivity index (χ4v) is 4.07. The fourth-order valence-electron chi connectivity index (χ4n) is 3.61. The summed E-state index contributed by atoms with van der Waals surface area (Å²) in [5.41, 5.74) is -3.49. The predicted octanol–water partition coefficient (Wildman–Crippen LogP) is 4.09. The maximum absolute atomic E-state index is 12.1. The molecule has 1 aliphatic heterocycles. The lowest BCUT2D eigenvalue weighted by atomic mass is 10.1. The number of hydrogen-bond donors (Lipinski definition) is 0. The molecule has 0 radical (unpaired) electrons. The first-order valence-corrected chi connectivity index (χ1v) is 14.4. The molecule has 1 fully saturated rings. The van der Waals surface area contributed by atoms with Crippen molar-refractivity contribution in [3.63, 3.8) is 0 Å². The number of nitrogens with zero attached hydrogens (tertiary/aromatic N) is 2. The SMILES string of the molecule is COC(=O)Cc1ccc(N2CCN(C(=O)OC(C)(C)C)CC2)cc1.COC(=O)Cc1ccc(OS(=O)(=O)C(F)(F)F)cc1. The Bertz CT molecular complexity index is 1330. The smallest absolute Gasteiger partial charge is 0.469 e. The van der Waals surface area contributed by atoms with Crippen LogP contribution in [0.15, 0.2) is 48.5 Å². The number of alkyl halides is 3. The minimum atomic E-state index is -5.68. The molecule has 3 rings (SSSR count). The Morgan fingerprint density at radius 3 is 1.60 bits per heavy atom. The third kappa shape index (κ3) is 11.7. The lowest BCUT2D eigenvalue weighted by Gasteiger charge is -2.36. The molecule has 0 atom stereocenters. The molecule has 1 heterocycles. The van der Waals surface area contributed by atoms with Crippen molar-refractivity contribution >= 4 is 33.8 Å². The van der Waals surface area contributed by atoms with E-state index in [0.717, 1.165) is 36.5 Å². The lowest BCUT2D eigenvalue weighted by Crippen LogP contribution is -2.50. The average molecular weight is 633 g/mol. The van der Waals surface area contributed by atoms with Gasteiger partial charge >= 0.3 is 33.7 Å². The van der Waals surface area contributed by atoms with Gasteiger partial charge in [0.25, 0.3) is 0 Å². The first-order chi connectivity index (χ1) is 19.9. The molecule has 1 aliphatic rings. The van der Waals surface area contributed by atoms with Gasteiger partial charge in [-0.2, -0.15) is 21.6 Å². The molecule has 2 aromatic rings. The van der Waals surface area contributed by atoms with Crippen molar-refractivity contribution in [1.29, 1.82) is 0 Å². The van der Waals surface area contributed by atoms with E-state index < -0.39 is 32.9 Å². The minimum absolute atomic E-state index is 0.0806. The molecule has 0 saturated carbocycles. The molecule has 0 aliphatic carbocycles. The summed E-state index contributed by atoms with van der Waals surface area (Å²) in [6.07, 6.45) is -0.0537. The Balaban J connectivity index is 0.000000309. The van der Waals surface area contributed by atoms with Gasteiger partial charge in [-0.3, -0.25) is 9.59 Å². The molecule has 15 heteroatoms. The van der Waals surface area contributed by atoms with E-state index in [9.17, 15) is 36.0 Å². The van der Waals surface area contributed by atoms with Crippen LogP contribution in [0.5, 0.6) is 5.75 Å². The summed E-state index contributed by atoms with van der Waals surface area (Å²) in [6, 6.07) is 12.4. The van der Waals surface area contributed by atoms with Crippen LogP contribution in [0.2, 0.25) is 0 Å². The topological polar surface area (TPSA) is 129 Å². The largest absolute Gasteiger partial charge is 0.534 e. The zero-order valence-corrected chi connectivity index (χ0v) is 25.3. The number of piperazine rings is 1. The Morgan fingerprint density at radius 2 is 1.21 bits per heavy atom. The van der Waals surface area contributed by atoms with Crippen molar-refractivity contribution < 1.29 is 54.4 Å². The number of anilines is 1. The van der Waals surface area contributed by atoms with Gasteiger partial charge in [-0.1, -0.05) is 24.3 Å². The average Bonchev–Trinajstić information content (AvgIpc) is 2.93. The number of esters is 2. The van der Waals surface area contributed by atoms with Gasteiger partial charge in [0.15, 0.2) is 0 Å². The molecule has 0 spiro atoms. The second-order valence-corrected chi connectivity index (χ2v) is 11.8. The Morgan fingerprint density at radius 1 is 0.767 bits per heavy atom. The fraction of sp³-hybridized carbons (Fsp3) is 0.464. The van der Waals surface area contributed by atoms with E-state index in [-0.39, 0.29) is 24.9 Å². The van der Waals surface area contributed by atoms with Crippen molar-refractivity contribution in [3.8, 4) is 5.75 Å². The highest BCUT2D eigenvalue weighted by molar-refractivity contribution is 7.88. The molecule has 43 heavy (non-hydrogen) atoms. The van der Waals surface area contributed by atoms with E-state index >= 15 is 0 Å². The molecule has 1 amide bonds. The number of amides is 1. The van der Waals surface area contributed by atoms with Gasteiger partial charge in [0.05, 0.1) is 27.1 Å². The van der Waals surface area contributed by atoms with Crippen molar-refractivity contribution in [3.05, 3.63) is 59.7 Å². The first kappa shape index (κ1) is 35.2. The summed E-state index contributed by atoms with van der Waals surface area (Å²) in [5.74, 6) is -1.27. The highest BCUT2D eigenvalue weighted by Crippen LogP contribution is 2.27. The van der Waals surface area contributed by atoms with E-state index in [1.807, 2.05) is 45.0 Å². The number of carbonyl (C=O) groups is 3. The van der Waals surface area contributed by atoms with Crippen LogP contribution in [0.25, 0.3) is 0 Å². The van der Waals surface area contributed by atoms with E-state index in [4.69, 9.17) is 4.74 Å². The van der Waals surface area contributed by atoms with Gasteiger partial charge in [-0.25, -0.2) is 4.79 Å². The minimum Gasteiger partial charge on any atom is -0.469 e. The second-order valence-electron chi connectivity index (χ2n) is 10.3. The summed E-state index contributed by atoms with van der Waals surface area (Å²) >= 11 is 0. The summed E-state index contributed by atoms with van der Waals surface area (Å²) in [4.78, 5) is 38.3. The van der Waals surface area contributed by atoms with E-state index in [1.54, 1.807) is 4.90 Å². The standard InChI is InChI=1S/C18H26N2O4.C10H9F3O5S/c1-18(2,3)24-17(22)20-11-9-19(10-12-20)15-7-5-14(6-8-15)13-16(21)23-4;1-17-9(14)6-7-2-4-8(5-3-7)18-19(15,16)10(11,12)13/h5-8H,9-13H2,1-4H3;2-5H,6H2,1H3. The van der Waals surface area contributed by atoms with Crippen LogP contribution in [-0.4, -0.2) is 82.9 Å².